The third kappa shape index (κ3) is 7.74. The van der Waals surface area contributed by atoms with Gasteiger partial charge in [-0.25, -0.2) is 4.79 Å². The second-order valence-corrected chi connectivity index (χ2v) is 3.81. The molecule has 0 aromatic heterocycles. The molecule has 0 unspecified atom stereocenters. The molecule has 1 atom stereocenters. The number of carboxylic acid groups (broad SMARTS) is 1. The minimum Gasteiger partial charge on any atom is -0.479 e. The van der Waals surface area contributed by atoms with Crippen LogP contribution in [0.1, 0.15) is 27.7 Å². The predicted molar refractivity (Wildman–Crippen MR) is 48.8 cm³/mol. The zero-order valence-electron chi connectivity index (χ0n) is 8.66. The molecule has 0 aromatic carbocycles. The maximum absolute atomic E-state index is 10.3. The largest absolute Gasteiger partial charge is 0.479 e. The summed E-state index contributed by atoms with van der Waals surface area (Å²) >= 11 is 0. The van der Waals surface area contributed by atoms with Crippen molar-refractivity contribution < 1.29 is 19.4 Å². The van der Waals surface area contributed by atoms with Gasteiger partial charge in [-0.3, -0.25) is 0 Å². The maximum atomic E-state index is 10.3. The second kappa shape index (κ2) is 5.19. The standard InChI is InChI=1S/C9H18O4/c1-7(8(10)11)12-5-6-13-9(2,3)4/h7H,5-6H2,1-4H3,(H,10,11)/t7-/m0/s1. The Morgan fingerprint density at radius 3 is 2.31 bits per heavy atom. The Bertz CT molecular complexity index is 159. The molecule has 0 saturated carbocycles. The van der Waals surface area contributed by atoms with E-state index in [1.807, 2.05) is 20.8 Å². The number of hydrogen-bond acceptors (Lipinski definition) is 3. The Balaban J connectivity index is 3.41. The summed E-state index contributed by atoms with van der Waals surface area (Å²) < 4.78 is 10.3. The molecule has 0 heterocycles. The number of carboxylic acids is 1. The van der Waals surface area contributed by atoms with Gasteiger partial charge in [0.05, 0.1) is 18.8 Å². The van der Waals surface area contributed by atoms with Crippen molar-refractivity contribution in [2.75, 3.05) is 13.2 Å². The third-order valence-corrected chi connectivity index (χ3v) is 1.33. The SMILES string of the molecule is C[C@H](OCCOC(C)(C)C)C(=O)O. The van der Waals surface area contributed by atoms with E-state index in [1.165, 1.54) is 6.92 Å². The van der Waals surface area contributed by atoms with Gasteiger partial charge < -0.3 is 14.6 Å². The van der Waals surface area contributed by atoms with Gasteiger partial charge in [0.2, 0.25) is 0 Å². The minimum atomic E-state index is -0.948. The van der Waals surface area contributed by atoms with Crippen LogP contribution in [-0.4, -0.2) is 36.0 Å². The molecular formula is C9H18O4. The number of aliphatic carboxylic acids is 1. The fourth-order valence-electron chi connectivity index (χ4n) is 0.644. The first-order valence-electron chi connectivity index (χ1n) is 4.31. The van der Waals surface area contributed by atoms with Crippen LogP contribution < -0.4 is 0 Å². The second-order valence-electron chi connectivity index (χ2n) is 3.81. The molecule has 4 heteroatoms. The molecule has 0 amide bonds. The van der Waals surface area contributed by atoms with E-state index in [2.05, 4.69) is 0 Å². The van der Waals surface area contributed by atoms with Crippen molar-refractivity contribution in [3.05, 3.63) is 0 Å². The molecule has 0 rings (SSSR count). The Labute approximate surface area is 78.8 Å². The van der Waals surface area contributed by atoms with Crippen molar-refractivity contribution in [1.82, 2.24) is 0 Å². The molecule has 1 N–H and O–H groups in total. The molecule has 0 aliphatic rings. The Morgan fingerprint density at radius 1 is 1.38 bits per heavy atom. The highest BCUT2D eigenvalue weighted by atomic mass is 16.5. The first-order chi connectivity index (χ1) is 5.83. The molecule has 0 saturated heterocycles. The highest BCUT2D eigenvalue weighted by Gasteiger charge is 2.12. The van der Waals surface area contributed by atoms with Crippen LogP contribution in [0, 0.1) is 0 Å². The van der Waals surface area contributed by atoms with E-state index in [9.17, 15) is 4.79 Å². The topological polar surface area (TPSA) is 55.8 Å². The number of ether oxygens (including phenoxy) is 2. The van der Waals surface area contributed by atoms with Gasteiger partial charge in [0.25, 0.3) is 0 Å². The lowest BCUT2D eigenvalue weighted by Crippen LogP contribution is -2.25. The Kier molecular flexibility index (Phi) is 4.95. The van der Waals surface area contributed by atoms with Crippen molar-refractivity contribution in [2.45, 2.75) is 39.4 Å². The van der Waals surface area contributed by atoms with Crippen molar-refractivity contribution in [3.8, 4) is 0 Å². The quantitative estimate of drug-likeness (QED) is 0.664. The molecule has 0 fully saturated rings. The molecule has 0 spiro atoms. The van der Waals surface area contributed by atoms with E-state index in [1.54, 1.807) is 0 Å². The predicted octanol–water partition coefficient (Wildman–Crippen LogP) is 1.29. The zero-order valence-corrected chi connectivity index (χ0v) is 8.66. The van der Waals surface area contributed by atoms with Gasteiger partial charge >= 0.3 is 5.97 Å². The summed E-state index contributed by atoms with van der Waals surface area (Å²) in [6, 6.07) is 0. The van der Waals surface area contributed by atoms with Gasteiger partial charge in [-0.2, -0.15) is 0 Å². The van der Waals surface area contributed by atoms with Gasteiger partial charge in [-0.05, 0) is 27.7 Å². The fraction of sp³-hybridized carbons (Fsp3) is 0.889. The van der Waals surface area contributed by atoms with Gasteiger partial charge in [-0.1, -0.05) is 0 Å². The number of hydrogen-bond donors (Lipinski definition) is 1. The molecule has 0 bridgehead atoms. The molecular weight excluding hydrogens is 172 g/mol. The van der Waals surface area contributed by atoms with E-state index < -0.39 is 12.1 Å². The molecule has 0 aliphatic heterocycles. The van der Waals surface area contributed by atoms with E-state index in [4.69, 9.17) is 14.6 Å². The van der Waals surface area contributed by atoms with Crippen LogP contribution in [0.3, 0.4) is 0 Å². The van der Waals surface area contributed by atoms with Crippen LogP contribution in [0.5, 0.6) is 0 Å². The van der Waals surface area contributed by atoms with Crippen LogP contribution in [0.2, 0.25) is 0 Å². The zero-order chi connectivity index (χ0) is 10.5. The molecule has 0 aromatic rings. The lowest BCUT2D eigenvalue weighted by molar-refractivity contribution is -0.150. The van der Waals surface area contributed by atoms with E-state index in [0.29, 0.717) is 13.2 Å². The van der Waals surface area contributed by atoms with Crippen molar-refractivity contribution in [3.63, 3.8) is 0 Å². The van der Waals surface area contributed by atoms with Crippen LogP contribution in [0.25, 0.3) is 0 Å². The van der Waals surface area contributed by atoms with Crippen LogP contribution in [0.4, 0.5) is 0 Å². The molecule has 13 heavy (non-hydrogen) atoms. The Morgan fingerprint density at radius 2 is 1.92 bits per heavy atom. The highest BCUT2D eigenvalue weighted by Crippen LogP contribution is 2.05. The van der Waals surface area contributed by atoms with Crippen LogP contribution in [-0.2, 0) is 14.3 Å². The van der Waals surface area contributed by atoms with Gasteiger partial charge in [-0.15, -0.1) is 0 Å². The molecule has 4 nitrogen and oxygen atoms in total. The first-order valence-corrected chi connectivity index (χ1v) is 4.31. The van der Waals surface area contributed by atoms with Crippen molar-refractivity contribution in [1.29, 1.82) is 0 Å². The van der Waals surface area contributed by atoms with E-state index in [0.717, 1.165) is 0 Å². The lowest BCUT2D eigenvalue weighted by atomic mass is 10.2. The normalized spacial score (nSPS) is 14.2. The lowest BCUT2D eigenvalue weighted by Gasteiger charge is -2.19. The maximum Gasteiger partial charge on any atom is 0.332 e. The average molecular weight is 190 g/mol. The van der Waals surface area contributed by atoms with Crippen LogP contribution >= 0.6 is 0 Å². The summed E-state index contributed by atoms with van der Waals surface area (Å²) in [6.45, 7) is 8.04. The number of rotatable bonds is 5. The molecule has 0 radical (unpaired) electrons. The molecule has 78 valence electrons. The summed E-state index contributed by atoms with van der Waals surface area (Å²) in [7, 11) is 0. The van der Waals surface area contributed by atoms with Gasteiger partial charge in [0, 0.05) is 0 Å². The van der Waals surface area contributed by atoms with Gasteiger partial charge in [0.1, 0.15) is 0 Å². The number of carbonyl (C=O) groups is 1. The average Bonchev–Trinajstić information content (AvgIpc) is 1.95. The van der Waals surface area contributed by atoms with E-state index in [-0.39, 0.29) is 5.60 Å². The van der Waals surface area contributed by atoms with E-state index >= 15 is 0 Å². The summed E-state index contributed by atoms with van der Waals surface area (Å²) in [5, 5.41) is 8.48. The van der Waals surface area contributed by atoms with Crippen LogP contribution in [0.15, 0.2) is 0 Å². The minimum absolute atomic E-state index is 0.199. The third-order valence-electron chi connectivity index (χ3n) is 1.33. The fourth-order valence-corrected chi connectivity index (χ4v) is 0.644. The summed E-state index contributed by atoms with van der Waals surface area (Å²) in [4.78, 5) is 10.3. The molecule has 0 aliphatic carbocycles. The van der Waals surface area contributed by atoms with Crippen molar-refractivity contribution >= 4 is 5.97 Å². The summed E-state index contributed by atoms with van der Waals surface area (Å²) in [6.07, 6.45) is -0.761. The monoisotopic (exact) mass is 190 g/mol. The smallest absolute Gasteiger partial charge is 0.332 e. The first kappa shape index (κ1) is 12.4. The van der Waals surface area contributed by atoms with Gasteiger partial charge in [0.15, 0.2) is 6.10 Å². The summed E-state index contributed by atoms with van der Waals surface area (Å²) in [5.74, 6) is -0.948. The van der Waals surface area contributed by atoms with Crippen molar-refractivity contribution in [2.24, 2.45) is 0 Å². The Hall–Kier alpha value is -0.610. The highest BCUT2D eigenvalue weighted by molar-refractivity contribution is 5.71. The summed E-state index contributed by atoms with van der Waals surface area (Å²) in [5.41, 5.74) is -0.199.